The quantitative estimate of drug-likeness (QED) is 0.691. The van der Waals surface area contributed by atoms with Crippen LogP contribution >= 0.6 is 0 Å². The predicted octanol–water partition coefficient (Wildman–Crippen LogP) is 4.42. The van der Waals surface area contributed by atoms with Crippen LogP contribution in [0.1, 0.15) is 58.8 Å². The van der Waals surface area contributed by atoms with Crippen molar-refractivity contribution in [1.29, 1.82) is 0 Å². The van der Waals surface area contributed by atoms with Gasteiger partial charge in [-0.15, -0.1) is 0 Å². The highest BCUT2D eigenvalue weighted by atomic mass is 16.5. The van der Waals surface area contributed by atoms with Crippen LogP contribution in [0.4, 0.5) is 0 Å². The molecule has 0 saturated carbocycles. The minimum absolute atomic E-state index is 0.0476. The normalized spacial score (nSPS) is 15.4. The maximum atomic E-state index is 12.9. The van der Waals surface area contributed by atoms with Crippen LogP contribution < -0.4 is 0 Å². The van der Waals surface area contributed by atoms with Gasteiger partial charge in [-0.05, 0) is 43.7 Å². The highest BCUT2D eigenvalue weighted by Gasteiger charge is 2.29. The zero-order chi connectivity index (χ0) is 19.0. The number of fused-ring (bicyclic) bond motifs is 1. The van der Waals surface area contributed by atoms with Crippen molar-refractivity contribution in [2.45, 2.75) is 46.0 Å². The number of amides is 1. The van der Waals surface area contributed by atoms with Gasteiger partial charge >= 0.3 is 0 Å². The highest BCUT2D eigenvalue weighted by Crippen LogP contribution is 2.30. The second kappa shape index (κ2) is 7.14. The fourth-order valence-electron chi connectivity index (χ4n) is 4.03. The number of carbonyl (C=O) groups excluding carboxylic acids is 1. The lowest BCUT2D eigenvalue weighted by Crippen LogP contribution is -2.38. The monoisotopic (exact) mass is 363 g/mol. The Morgan fingerprint density at radius 3 is 2.78 bits per heavy atom. The number of hydrogen-bond acceptors (Lipinski definition) is 4. The summed E-state index contributed by atoms with van der Waals surface area (Å²) in [5.74, 6) is 1.13. The van der Waals surface area contributed by atoms with Gasteiger partial charge in [0, 0.05) is 42.7 Å². The summed E-state index contributed by atoms with van der Waals surface area (Å²) < 4.78 is 5.29. The number of piperidine rings is 1. The Labute approximate surface area is 159 Å². The molecule has 0 N–H and O–H groups in total. The van der Waals surface area contributed by atoms with Gasteiger partial charge in [0.05, 0.1) is 5.69 Å². The van der Waals surface area contributed by atoms with Crippen molar-refractivity contribution < 1.29 is 9.32 Å². The van der Waals surface area contributed by atoms with E-state index in [-0.39, 0.29) is 5.91 Å². The van der Waals surface area contributed by atoms with E-state index in [4.69, 9.17) is 9.51 Å². The first-order valence-electron chi connectivity index (χ1n) is 9.68. The van der Waals surface area contributed by atoms with E-state index in [0.29, 0.717) is 29.4 Å². The Morgan fingerprint density at radius 2 is 2.04 bits per heavy atom. The molecule has 1 amide bonds. The third kappa shape index (κ3) is 3.22. The second-order valence-electron chi connectivity index (χ2n) is 7.39. The lowest BCUT2D eigenvalue weighted by Gasteiger charge is -2.32. The number of aryl methyl sites for hydroxylation is 3. The number of rotatable bonds is 3. The molecule has 0 aliphatic carbocycles. The lowest BCUT2D eigenvalue weighted by atomic mass is 9.91. The van der Waals surface area contributed by atoms with Gasteiger partial charge in [-0.1, -0.05) is 30.3 Å². The molecule has 0 atom stereocenters. The minimum Gasteiger partial charge on any atom is -0.360 e. The van der Waals surface area contributed by atoms with Gasteiger partial charge in [-0.3, -0.25) is 9.78 Å². The maximum Gasteiger partial charge on any atom is 0.259 e. The Bertz CT molecular complexity index is 984. The molecule has 1 aliphatic heterocycles. The molecule has 3 aromatic rings. The van der Waals surface area contributed by atoms with Crippen LogP contribution in [0, 0.1) is 13.8 Å². The lowest BCUT2D eigenvalue weighted by molar-refractivity contribution is 0.0709. The van der Waals surface area contributed by atoms with Gasteiger partial charge in [0.15, 0.2) is 0 Å². The molecule has 4 rings (SSSR count). The van der Waals surface area contributed by atoms with E-state index in [1.807, 2.05) is 24.9 Å². The fourth-order valence-corrected chi connectivity index (χ4v) is 4.03. The summed E-state index contributed by atoms with van der Waals surface area (Å²) in [5.41, 5.74) is 3.75. The molecular formula is C22H25N3O2. The maximum absolute atomic E-state index is 12.9. The van der Waals surface area contributed by atoms with E-state index in [0.717, 1.165) is 31.6 Å². The standard InChI is InChI=1S/C22H25N3O2/c1-4-20-21(15(3)24-27-20)22(26)25-10-8-16(9-11-25)19-12-18-14(2)6-5-7-17(18)13-23-19/h5-7,12-13,16H,4,8-11H2,1-3H3. The van der Waals surface area contributed by atoms with Crippen molar-refractivity contribution >= 4 is 16.7 Å². The molecule has 0 unspecified atom stereocenters. The van der Waals surface area contributed by atoms with E-state index in [1.54, 1.807) is 0 Å². The number of benzene rings is 1. The van der Waals surface area contributed by atoms with E-state index in [9.17, 15) is 4.79 Å². The third-order valence-corrected chi connectivity index (χ3v) is 5.67. The minimum atomic E-state index is 0.0476. The Hall–Kier alpha value is -2.69. The van der Waals surface area contributed by atoms with E-state index >= 15 is 0 Å². The molecule has 1 fully saturated rings. The van der Waals surface area contributed by atoms with Gasteiger partial charge in [0.1, 0.15) is 11.3 Å². The van der Waals surface area contributed by atoms with Gasteiger partial charge in [-0.2, -0.15) is 0 Å². The number of pyridine rings is 1. The van der Waals surface area contributed by atoms with Crippen molar-refractivity contribution in [3.8, 4) is 0 Å². The number of nitrogens with zero attached hydrogens (tertiary/aromatic N) is 3. The smallest absolute Gasteiger partial charge is 0.259 e. The van der Waals surface area contributed by atoms with Gasteiger partial charge < -0.3 is 9.42 Å². The fraction of sp³-hybridized carbons (Fsp3) is 0.409. The summed E-state index contributed by atoms with van der Waals surface area (Å²) in [6, 6.07) is 8.54. The molecule has 0 radical (unpaired) electrons. The van der Waals surface area contributed by atoms with Crippen LogP contribution in [0.5, 0.6) is 0 Å². The molecule has 0 bridgehead atoms. The molecular weight excluding hydrogens is 338 g/mol. The summed E-state index contributed by atoms with van der Waals surface area (Å²) >= 11 is 0. The van der Waals surface area contributed by atoms with Gasteiger partial charge in [0.25, 0.3) is 5.91 Å². The zero-order valence-electron chi connectivity index (χ0n) is 16.2. The molecule has 1 saturated heterocycles. The summed E-state index contributed by atoms with van der Waals surface area (Å²) in [5, 5.41) is 6.42. The molecule has 5 heteroatoms. The average Bonchev–Trinajstić information content (AvgIpc) is 3.08. The van der Waals surface area contributed by atoms with Crippen molar-refractivity contribution in [3.63, 3.8) is 0 Å². The van der Waals surface area contributed by atoms with Crippen LogP contribution in [-0.2, 0) is 6.42 Å². The number of carbonyl (C=O) groups is 1. The topological polar surface area (TPSA) is 59.2 Å². The molecule has 2 aromatic heterocycles. The summed E-state index contributed by atoms with van der Waals surface area (Å²) in [7, 11) is 0. The average molecular weight is 363 g/mol. The van der Waals surface area contributed by atoms with Crippen LogP contribution in [-0.4, -0.2) is 34.0 Å². The molecule has 1 aromatic carbocycles. The van der Waals surface area contributed by atoms with E-state index < -0.39 is 0 Å². The molecule has 3 heterocycles. The second-order valence-corrected chi connectivity index (χ2v) is 7.39. The first-order chi connectivity index (χ1) is 13.1. The van der Waals surface area contributed by atoms with E-state index in [1.165, 1.54) is 16.3 Å². The van der Waals surface area contributed by atoms with Crippen molar-refractivity contribution in [2.75, 3.05) is 13.1 Å². The van der Waals surface area contributed by atoms with Crippen LogP contribution in [0.15, 0.2) is 35.0 Å². The number of hydrogen-bond donors (Lipinski definition) is 0. The first kappa shape index (κ1) is 17.7. The summed E-state index contributed by atoms with van der Waals surface area (Å²) in [6.07, 6.45) is 4.52. The first-order valence-corrected chi connectivity index (χ1v) is 9.68. The van der Waals surface area contributed by atoms with Crippen molar-refractivity contribution in [2.24, 2.45) is 0 Å². The largest absolute Gasteiger partial charge is 0.360 e. The van der Waals surface area contributed by atoms with E-state index in [2.05, 4.69) is 36.3 Å². The summed E-state index contributed by atoms with van der Waals surface area (Å²) in [6.45, 7) is 7.44. The molecule has 1 aliphatic rings. The third-order valence-electron chi connectivity index (χ3n) is 5.67. The Balaban J connectivity index is 1.50. The van der Waals surface area contributed by atoms with Gasteiger partial charge in [-0.25, -0.2) is 0 Å². The molecule has 27 heavy (non-hydrogen) atoms. The van der Waals surface area contributed by atoms with Crippen LogP contribution in [0.25, 0.3) is 10.8 Å². The zero-order valence-corrected chi connectivity index (χ0v) is 16.2. The molecule has 140 valence electrons. The van der Waals surface area contributed by atoms with Crippen LogP contribution in [0.2, 0.25) is 0 Å². The number of aromatic nitrogens is 2. The molecule has 0 spiro atoms. The van der Waals surface area contributed by atoms with Gasteiger partial charge in [0.2, 0.25) is 0 Å². The van der Waals surface area contributed by atoms with Crippen LogP contribution in [0.3, 0.4) is 0 Å². The van der Waals surface area contributed by atoms with Crippen molar-refractivity contribution in [3.05, 3.63) is 58.7 Å². The SMILES string of the molecule is CCc1onc(C)c1C(=O)N1CCC(c2cc3c(C)cccc3cn2)CC1. The van der Waals surface area contributed by atoms with Crippen molar-refractivity contribution in [1.82, 2.24) is 15.0 Å². The predicted molar refractivity (Wildman–Crippen MR) is 105 cm³/mol. The summed E-state index contributed by atoms with van der Waals surface area (Å²) in [4.78, 5) is 19.6. The Morgan fingerprint density at radius 1 is 1.26 bits per heavy atom. The molecule has 5 nitrogen and oxygen atoms in total. The number of likely N-dealkylation sites (tertiary alicyclic amines) is 1. The highest BCUT2D eigenvalue weighted by molar-refractivity contribution is 5.96. The Kier molecular flexibility index (Phi) is 4.68.